The number of nitrogens with one attached hydrogen (secondary N) is 1. The molecule has 2 aliphatic carbocycles. The molecule has 2 N–H and O–H groups in total. The van der Waals surface area contributed by atoms with Crippen LogP contribution >= 0.6 is 0 Å². The van der Waals surface area contributed by atoms with E-state index in [1.165, 1.54) is 0 Å². The summed E-state index contributed by atoms with van der Waals surface area (Å²) in [5, 5.41) is 11.8. The number of hydrogen-bond donors (Lipinski definition) is 2. The number of rotatable bonds is 7. The summed E-state index contributed by atoms with van der Waals surface area (Å²) < 4.78 is 4.90. The molecule has 1 amide bonds. The second-order valence-electron chi connectivity index (χ2n) is 5.42. The molecule has 2 aliphatic rings. The lowest BCUT2D eigenvalue weighted by Crippen LogP contribution is -2.44. The highest BCUT2D eigenvalue weighted by Crippen LogP contribution is 2.43. The maximum atomic E-state index is 12.1. The summed E-state index contributed by atoms with van der Waals surface area (Å²) in [6, 6.07) is -0.800. The van der Waals surface area contributed by atoms with E-state index < -0.39 is 12.0 Å². The number of carbonyl (C=O) groups excluding carboxylic acids is 1. The number of carboxylic acid groups (broad SMARTS) is 1. The minimum absolute atomic E-state index is 0.0423. The zero-order valence-electron chi connectivity index (χ0n) is 11.2. The van der Waals surface area contributed by atoms with Crippen LogP contribution in [0.25, 0.3) is 0 Å². The van der Waals surface area contributed by atoms with Crippen LogP contribution in [-0.4, -0.2) is 36.7 Å². The minimum Gasteiger partial charge on any atom is -0.480 e. The SMILES string of the molecule is COCCCC(NC(=O)C1CC2C=CC1C2)C(=O)O. The van der Waals surface area contributed by atoms with Crippen LogP contribution in [0.1, 0.15) is 25.7 Å². The molecule has 5 nitrogen and oxygen atoms in total. The van der Waals surface area contributed by atoms with Gasteiger partial charge in [-0.2, -0.15) is 0 Å². The predicted molar refractivity (Wildman–Crippen MR) is 69.5 cm³/mol. The molecule has 106 valence electrons. The fraction of sp³-hybridized carbons (Fsp3) is 0.714. The van der Waals surface area contributed by atoms with Crippen LogP contribution in [-0.2, 0) is 14.3 Å². The van der Waals surface area contributed by atoms with E-state index in [2.05, 4.69) is 17.5 Å². The zero-order chi connectivity index (χ0) is 13.8. The molecular weight excluding hydrogens is 246 g/mol. The van der Waals surface area contributed by atoms with Crippen molar-refractivity contribution in [2.24, 2.45) is 17.8 Å². The van der Waals surface area contributed by atoms with Gasteiger partial charge < -0.3 is 15.2 Å². The van der Waals surface area contributed by atoms with Crippen LogP contribution in [0.3, 0.4) is 0 Å². The van der Waals surface area contributed by atoms with Crippen LogP contribution in [0.15, 0.2) is 12.2 Å². The van der Waals surface area contributed by atoms with Crippen molar-refractivity contribution in [2.45, 2.75) is 31.7 Å². The molecule has 4 atom stereocenters. The van der Waals surface area contributed by atoms with Gasteiger partial charge in [0.2, 0.25) is 5.91 Å². The molecular formula is C14H21NO4. The Hall–Kier alpha value is -1.36. The fourth-order valence-electron chi connectivity index (χ4n) is 3.05. The maximum Gasteiger partial charge on any atom is 0.326 e. The molecule has 2 bridgehead atoms. The van der Waals surface area contributed by atoms with Crippen molar-refractivity contribution in [1.29, 1.82) is 0 Å². The molecule has 0 spiro atoms. The quantitative estimate of drug-likeness (QED) is 0.537. The third-order valence-corrected chi connectivity index (χ3v) is 4.07. The summed E-state index contributed by atoms with van der Waals surface area (Å²) >= 11 is 0. The van der Waals surface area contributed by atoms with Crippen LogP contribution in [0, 0.1) is 17.8 Å². The van der Waals surface area contributed by atoms with E-state index in [1.54, 1.807) is 7.11 Å². The highest BCUT2D eigenvalue weighted by atomic mass is 16.5. The molecule has 0 saturated heterocycles. The molecule has 0 heterocycles. The van der Waals surface area contributed by atoms with Gasteiger partial charge in [0, 0.05) is 19.6 Å². The molecule has 19 heavy (non-hydrogen) atoms. The van der Waals surface area contributed by atoms with Gasteiger partial charge in [0.05, 0.1) is 0 Å². The number of carbonyl (C=O) groups is 2. The summed E-state index contributed by atoms with van der Waals surface area (Å²) in [7, 11) is 1.58. The number of aliphatic carboxylic acids is 1. The Morgan fingerprint density at radius 2 is 2.21 bits per heavy atom. The summed E-state index contributed by atoms with van der Waals surface area (Å²) in [6.07, 6.45) is 7.20. The number of hydrogen-bond acceptors (Lipinski definition) is 3. The monoisotopic (exact) mass is 267 g/mol. The van der Waals surface area contributed by atoms with E-state index in [0.717, 1.165) is 12.8 Å². The van der Waals surface area contributed by atoms with Crippen molar-refractivity contribution in [3.8, 4) is 0 Å². The smallest absolute Gasteiger partial charge is 0.326 e. The Morgan fingerprint density at radius 3 is 2.74 bits per heavy atom. The highest BCUT2D eigenvalue weighted by molar-refractivity contribution is 5.85. The van der Waals surface area contributed by atoms with Gasteiger partial charge in [-0.15, -0.1) is 0 Å². The number of allylic oxidation sites excluding steroid dienone is 2. The van der Waals surface area contributed by atoms with Gasteiger partial charge in [0.1, 0.15) is 6.04 Å². The fourth-order valence-corrected chi connectivity index (χ4v) is 3.05. The van der Waals surface area contributed by atoms with Crippen molar-refractivity contribution in [1.82, 2.24) is 5.32 Å². The molecule has 0 radical (unpaired) electrons. The molecule has 4 unspecified atom stereocenters. The van der Waals surface area contributed by atoms with Gasteiger partial charge >= 0.3 is 5.97 Å². The van der Waals surface area contributed by atoms with E-state index >= 15 is 0 Å². The molecule has 0 aromatic rings. The molecule has 0 aliphatic heterocycles. The average molecular weight is 267 g/mol. The van der Waals surface area contributed by atoms with Crippen molar-refractivity contribution in [2.75, 3.05) is 13.7 Å². The first-order chi connectivity index (χ1) is 9.11. The average Bonchev–Trinajstić information content (AvgIpc) is 2.99. The highest BCUT2D eigenvalue weighted by Gasteiger charge is 2.40. The molecule has 0 aromatic heterocycles. The second-order valence-corrected chi connectivity index (χ2v) is 5.42. The minimum atomic E-state index is -0.969. The first-order valence-electron chi connectivity index (χ1n) is 6.82. The van der Waals surface area contributed by atoms with Crippen LogP contribution in [0.5, 0.6) is 0 Å². The summed E-state index contributed by atoms with van der Waals surface area (Å²) in [4.78, 5) is 23.3. The lowest BCUT2D eigenvalue weighted by molar-refractivity contribution is -0.142. The Bertz CT molecular complexity index is 380. The Balaban J connectivity index is 1.84. The van der Waals surface area contributed by atoms with E-state index in [1.807, 2.05) is 0 Å². The lowest BCUT2D eigenvalue weighted by Gasteiger charge is -2.21. The van der Waals surface area contributed by atoms with Gasteiger partial charge in [-0.3, -0.25) is 4.79 Å². The molecule has 1 saturated carbocycles. The Kier molecular flexibility index (Phi) is 4.58. The number of carboxylic acids is 1. The number of ether oxygens (including phenoxy) is 1. The standard InChI is InChI=1S/C14H21NO4/c1-19-6-2-3-12(14(17)18)15-13(16)11-8-9-4-5-10(11)7-9/h4-5,9-12H,2-3,6-8H2,1H3,(H,15,16)(H,17,18). The van der Waals surface area contributed by atoms with Crippen LogP contribution in [0.4, 0.5) is 0 Å². The van der Waals surface area contributed by atoms with Gasteiger partial charge in [-0.05, 0) is 37.5 Å². The first kappa shape index (κ1) is 14.1. The third-order valence-electron chi connectivity index (χ3n) is 4.07. The number of methoxy groups -OCH3 is 1. The number of fused-ring (bicyclic) bond motifs is 2. The topological polar surface area (TPSA) is 75.6 Å². The molecule has 2 rings (SSSR count). The summed E-state index contributed by atoms with van der Waals surface area (Å²) in [6.45, 7) is 0.510. The Labute approximate surface area is 113 Å². The summed E-state index contributed by atoms with van der Waals surface area (Å²) in [5.41, 5.74) is 0. The third kappa shape index (κ3) is 3.35. The van der Waals surface area contributed by atoms with Crippen LogP contribution < -0.4 is 5.32 Å². The zero-order valence-corrected chi connectivity index (χ0v) is 11.2. The predicted octanol–water partition coefficient (Wildman–Crippen LogP) is 1.19. The summed E-state index contributed by atoms with van der Waals surface area (Å²) in [5.74, 6) is -0.306. The molecule has 5 heteroatoms. The number of amides is 1. The maximum absolute atomic E-state index is 12.1. The molecule has 0 aromatic carbocycles. The van der Waals surface area contributed by atoms with Gasteiger partial charge in [0.25, 0.3) is 0 Å². The van der Waals surface area contributed by atoms with E-state index in [0.29, 0.717) is 31.3 Å². The van der Waals surface area contributed by atoms with Crippen LogP contribution in [0.2, 0.25) is 0 Å². The van der Waals surface area contributed by atoms with E-state index in [-0.39, 0.29) is 11.8 Å². The normalized spacial score (nSPS) is 29.4. The van der Waals surface area contributed by atoms with Gasteiger partial charge in [0.15, 0.2) is 0 Å². The second kappa shape index (κ2) is 6.19. The first-order valence-corrected chi connectivity index (χ1v) is 6.82. The van der Waals surface area contributed by atoms with Crippen molar-refractivity contribution >= 4 is 11.9 Å². The van der Waals surface area contributed by atoms with E-state index in [9.17, 15) is 9.59 Å². The van der Waals surface area contributed by atoms with Crippen molar-refractivity contribution in [3.05, 3.63) is 12.2 Å². The largest absolute Gasteiger partial charge is 0.480 e. The Morgan fingerprint density at radius 1 is 1.42 bits per heavy atom. The van der Waals surface area contributed by atoms with Gasteiger partial charge in [-0.1, -0.05) is 12.2 Å². The lowest BCUT2D eigenvalue weighted by atomic mass is 9.92. The van der Waals surface area contributed by atoms with Crippen molar-refractivity contribution < 1.29 is 19.4 Å². The molecule has 1 fully saturated rings. The van der Waals surface area contributed by atoms with Gasteiger partial charge in [-0.25, -0.2) is 4.79 Å². The van der Waals surface area contributed by atoms with E-state index in [4.69, 9.17) is 9.84 Å². The van der Waals surface area contributed by atoms with Crippen molar-refractivity contribution in [3.63, 3.8) is 0 Å².